The lowest BCUT2D eigenvalue weighted by molar-refractivity contribution is -0.150. The summed E-state index contributed by atoms with van der Waals surface area (Å²) in [5, 5.41) is 0. The average Bonchev–Trinajstić information content (AvgIpc) is 2.31. The number of carbonyl (C=O) groups excluding carboxylic acids is 2. The van der Waals surface area contributed by atoms with Gasteiger partial charge in [-0.05, 0) is 32.9 Å². The lowest BCUT2D eigenvalue weighted by Crippen LogP contribution is -2.26. The number of nitrogens with zero attached hydrogens (tertiary/aromatic N) is 1. The molecule has 0 aliphatic carbocycles. The number of ether oxygens (including phenoxy) is 2. The minimum absolute atomic E-state index is 0.182. The maximum absolute atomic E-state index is 11.4. The number of hydrogen-bond donors (Lipinski definition) is 0. The van der Waals surface area contributed by atoms with Crippen molar-refractivity contribution in [1.82, 2.24) is 4.98 Å². The van der Waals surface area contributed by atoms with Gasteiger partial charge in [0.05, 0.1) is 6.61 Å². The minimum Gasteiger partial charge on any atom is -0.477 e. The molecular formula is C12H15NO4. The monoisotopic (exact) mass is 237 g/mol. The van der Waals surface area contributed by atoms with Crippen LogP contribution in [0.25, 0.3) is 0 Å². The Morgan fingerprint density at radius 2 is 2.24 bits per heavy atom. The van der Waals surface area contributed by atoms with E-state index >= 15 is 0 Å². The summed E-state index contributed by atoms with van der Waals surface area (Å²) in [6.45, 7) is 5.34. The Bertz CT molecular complexity index is 417. The van der Waals surface area contributed by atoms with Crippen molar-refractivity contribution in [2.45, 2.75) is 26.9 Å². The first-order valence-corrected chi connectivity index (χ1v) is 5.34. The molecular weight excluding hydrogens is 222 g/mol. The van der Waals surface area contributed by atoms with E-state index in [0.717, 1.165) is 0 Å². The average molecular weight is 237 g/mol. The van der Waals surface area contributed by atoms with Crippen LogP contribution in [0.4, 0.5) is 0 Å². The molecule has 5 heteroatoms. The van der Waals surface area contributed by atoms with Gasteiger partial charge in [-0.1, -0.05) is 0 Å². The first kappa shape index (κ1) is 13.2. The van der Waals surface area contributed by atoms with E-state index in [0.29, 0.717) is 18.6 Å². The van der Waals surface area contributed by atoms with Gasteiger partial charge in [-0.2, -0.15) is 0 Å². The summed E-state index contributed by atoms with van der Waals surface area (Å²) in [6.07, 6.45) is -0.168. The summed E-state index contributed by atoms with van der Waals surface area (Å²) in [7, 11) is 0. The summed E-state index contributed by atoms with van der Waals surface area (Å²) in [6, 6.07) is 3.32. The molecule has 1 rings (SSSR count). The Labute approximate surface area is 99.8 Å². The Hall–Kier alpha value is -1.91. The van der Waals surface area contributed by atoms with Gasteiger partial charge in [-0.25, -0.2) is 9.78 Å². The van der Waals surface area contributed by atoms with Crippen molar-refractivity contribution in [3.8, 4) is 5.75 Å². The maximum atomic E-state index is 11.4. The Balaban J connectivity index is 2.80. The van der Waals surface area contributed by atoms with Crippen LogP contribution in [0.3, 0.4) is 0 Å². The van der Waals surface area contributed by atoms with Crippen LogP contribution in [0.5, 0.6) is 5.75 Å². The molecule has 0 saturated carbocycles. The number of carbonyl (C=O) groups is 2. The zero-order chi connectivity index (χ0) is 12.8. The smallest absolute Gasteiger partial charge is 0.347 e. The maximum Gasteiger partial charge on any atom is 0.347 e. The predicted molar refractivity (Wildman–Crippen MR) is 61.1 cm³/mol. The number of rotatable bonds is 5. The molecule has 1 atom stereocenters. The molecule has 0 bridgehead atoms. The molecule has 92 valence electrons. The third-order valence-corrected chi connectivity index (χ3v) is 2.06. The highest BCUT2D eigenvalue weighted by Crippen LogP contribution is 2.17. The fraction of sp³-hybridized carbons (Fsp3) is 0.417. The van der Waals surface area contributed by atoms with Crippen LogP contribution in [-0.4, -0.2) is 30.0 Å². The Morgan fingerprint density at radius 3 is 2.82 bits per heavy atom. The quantitative estimate of drug-likeness (QED) is 0.574. The number of hydrogen-bond acceptors (Lipinski definition) is 5. The molecule has 0 aromatic carbocycles. The van der Waals surface area contributed by atoms with Gasteiger partial charge in [0, 0.05) is 5.69 Å². The van der Waals surface area contributed by atoms with Crippen molar-refractivity contribution in [3.05, 3.63) is 23.5 Å². The molecule has 0 N–H and O–H groups in total. The third kappa shape index (κ3) is 3.55. The second-order valence-electron chi connectivity index (χ2n) is 3.47. The number of aromatic nitrogens is 1. The van der Waals surface area contributed by atoms with E-state index in [1.165, 1.54) is 0 Å². The van der Waals surface area contributed by atoms with E-state index < -0.39 is 12.1 Å². The first-order chi connectivity index (χ1) is 8.08. The molecule has 0 saturated heterocycles. The zero-order valence-corrected chi connectivity index (χ0v) is 10.1. The normalized spacial score (nSPS) is 11.7. The molecule has 5 nitrogen and oxygen atoms in total. The summed E-state index contributed by atoms with van der Waals surface area (Å²) in [5.74, 6) is -0.184. The third-order valence-electron chi connectivity index (χ3n) is 2.06. The van der Waals surface area contributed by atoms with Crippen LogP contribution < -0.4 is 4.74 Å². The lowest BCUT2D eigenvalue weighted by Gasteiger charge is -2.14. The van der Waals surface area contributed by atoms with Crippen LogP contribution in [0.1, 0.15) is 30.0 Å². The minimum atomic E-state index is -0.766. The number of esters is 1. The SMILES string of the molecule is CCOC(=O)C(C)Oc1ccc(C)nc1C=O. The van der Waals surface area contributed by atoms with Gasteiger partial charge in [0.25, 0.3) is 0 Å². The standard InChI is InChI=1S/C12H15NO4/c1-4-16-12(15)9(3)17-11-6-5-8(2)13-10(11)7-14/h5-7,9H,4H2,1-3H3. The predicted octanol–water partition coefficient (Wildman–Crippen LogP) is 1.53. The van der Waals surface area contributed by atoms with Crippen molar-refractivity contribution in [1.29, 1.82) is 0 Å². The summed E-state index contributed by atoms with van der Waals surface area (Å²) in [5.41, 5.74) is 0.893. The molecule has 0 aliphatic rings. The fourth-order valence-electron chi connectivity index (χ4n) is 1.25. The van der Waals surface area contributed by atoms with Crippen molar-refractivity contribution in [2.75, 3.05) is 6.61 Å². The number of pyridine rings is 1. The highest BCUT2D eigenvalue weighted by molar-refractivity contribution is 5.78. The van der Waals surface area contributed by atoms with E-state index in [1.807, 2.05) is 0 Å². The zero-order valence-electron chi connectivity index (χ0n) is 10.1. The van der Waals surface area contributed by atoms with Crippen molar-refractivity contribution in [2.24, 2.45) is 0 Å². The van der Waals surface area contributed by atoms with Gasteiger partial charge >= 0.3 is 5.97 Å². The van der Waals surface area contributed by atoms with Gasteiger partial charge < -0.3 is 9.47 Å². The van der Waals surface area contributed by atoms with Gasteiger partial charge in [-0.15, -0.1) is 0 Å². The molecule has 0 aliphatic heterocycles. The van der Waals surface area contributed by atoms with Crippen molar-refractivity contribution in [3.63, 3.8) is 0 Å². The van der Waals surface area contributed by atoms with Crippen LogP contribution >= 0.6 is 0 Å². The van der Waals surface area contributed by atoms with Crippen LogP contribution in [0, 0.1) is 6.92 Å². The van der Waals surface area contributed by atoms with Crippen LogP contribution in [-0.2, 0) is 9.53 Å². The summed E-state index contributed by atoms with van der Waals surface area (Å²) >= 11 is 0. The molecule has 1 heterocycles. The van der Waals surface area contributed by atoms with Crippen molar-refractivity contribution < 1.29 is 19.1 Å². The summed E-state index contributed by atoms with van der Waals surface area (Å²) < 4.78 is 10.1. The largest absolute Gasteiger partial charge is 0.477 e. The van der Waals surface area contributed by atoms with Gasteiger partial charge in [0.2, 0.25) is 0 Å². The summed E-state index contributed by atoms with van der Waals surface area (Å²) in [4.78, 5) is 26.2. The van der Waals surface area contributed by atoms with Gasteiger partial charge in [0.15, 0.2) is 12.4 Å². The molecule has 0 amide bonds. The van der Waals surface area contributed by atoms with Gasteiger partial charge in [-0.3, -0.25) is 4.79 Å². The van der Waals surface area contributed by atoms with Crippen LogP contribution in [0.2, 0.25) is 0 Å². The highest BCUT2D eigenvalue weighted by atomic mass is 16.6. The Morgan fingerprint density at radius 1 is 1.53 bits per heavy atom. The molecule has 1 aromatic rings. The van der Waals surface area contributed by atoms with Gasteiger partial charge in [0.1, 0.15) is 11.4 Å². The fourth-order valence-corrected chi connectivity index (χ4v) is 1.25. The second-order valence-corrected chi connectivity index (χ2v) is 3.47. The Kier molecular flexibility index (Phi) is 4.63. The van der Waals surface area contributed by atoms with E-state index in [-0.39, 0.29) is 11.4 Å². The van der Waals surface area contributed by atoms with E-state index in [4.69, 9.17) is 9.47 Å². The molecule has 17 heavy (non-hydrogen) atoms. The van der Waals surface area contributed by atoms with Crippen LogP contribution in [0.15, 0.2) is 12.1 Å². The molecule has 0 spiro atoms. The number of aldehydes is 1. The highest BCUT2D eigenvalue weighted by Gasteiger charge is 2.17. The molecule has 1 aromatic heterocycles. The second kappa shape index (κ2) is 5.98. The molecule has 0 radical (unpaired) electrons. The number of aryl methyl sites for hydroxylation is 1. The topological polar surface area (TPSA) is 65.5 Å². The lowest BCUT2D eigenvalue weighted by atomic mass is 10.3. The van der Waals surface area contributed by atoms with Crippen molar-refractivity contribution >= 4 is 12.3 Å². The molecule has 1 unspecified atom stereocenters. The van der Waals surface area contributed by atoms with E-state index in [2.05, 4.69) is 4.98 Å². The van der Waals surface area contributed by atoms with E-state index in [1.54, 1.807) is 32.9 Å². The van der Waals surface area contributed by atoms with E-state index in [9.17, 15) is 9.59 Å². The first-order valence-electron chi connectivity index (χ1n) is 5.34. The molecule has 0 fully saturated rings.